The van der Waals surface area contributed by atoms with Gasteiger partial charge in [0, 0.05) is 0 Å². The first-order valence-corrected chi connectivity index (χ1v) is 4.14. The van der Waals surface area contributed by atoms with Gasteiger partial charge in [-0.3, -0.25) is 4.79 Å². The second-order valence-electron chi connectivity index (χ2n) is 2.85. The number of hydrogen-bond acceptors (Lipinski definition) is 3. The van der Waals surface area contributed by atoms with Crippen LogP contribution in [0.2, 0.25) is 0 Å². The van der Waals surface area contributed by atoms with E-state index in [-0.39, 0.29) is 5.75 Å². The third-order valence-electron chi connectivity index (χ3n) is 2.02. The minimum absolute atomic E-state index is 0.111. The molecule has 0 saturated carbocycles. The van der Waals surface area contributed by atoms with E-state index in [1.165, 1.54) is 0 Å². The number of ether oxygens (including phenoxy) is 1. The number of aromatic hydroxyl groups is 1. The van der Waals surface area contributed by atoms with Crippen LogP contribution in [-0.4, -0.2) is 11.6 Å². The van der Waals surface area contributed by atoms with Crippen molar-refractivity contribution in [2.45, 2.75) is 0 Å². The lowest BCUT2D eigenvalue weighted by molar-refractivity contribution is -0.120. The number of carbonyl (C=O) groups excluding carboxylic acids is 1. The van der Waals surface area contributed by atoms with Gasteiger partial charge in [-0.2, -0.15) is 0 Å². The molecule has 70 valence electrons. The van der Waals surface area contributed by atoms with Gasteiger partial charge in [0.2, 0.25) is 0 Å². The van der Waals surface area contributed by atoms with E-state index in [9.17, 15) is 9.90 Å². The maximum Gasteiger partial charge on any atom is 0.298 e. The fraction of sp³-hybridized carbons (Fsp3) is 0. The SMILES string of the molecule is O=COc1cccc2cccc(O)c12. The summed E-state index contributed by atoms with van der Waals surface area (Å²) in [4.78, 5) is 10.2. The molecule has 0 fully saturated rings. The highest BCUT2D eigenvalue weighted by Crippen LogP contribution is 2.32. The molecule has 14 heavy (non-hydrogen) atoms. The number of fused-ring (bicyclic) bond motifs is 1. The molecule has 0 spiro atoms. The Bertz CT molecular complexity index is 472. The second-order valence-corrected chi connectivity index (χ2v) is 2.85. The van der Waals surface area contributed by atoms with E-state index in [1.54, 1.807) is 24.3 Å². The summed E-state index contributed by atoms with van der Waals surface area (Å²) in [6.45, 7) is 0.348. The van der Waals surface area contributed by atoms with Crippen molar-refractivity contribution >= 4 is 17.2 Å². The van der Waals surface area contributed by atoms with Gasteiger partial charge in [-0.1, -0.05) is 24.3 Å². The summed E-state index contributed by atoms with van der Waals surface area (Å²) in [5.41, 5.74) is 0. The average molecular weight is 188 g/mol. The quantitative estimate of drug-likeness (QED) is 0.734. The lowest BCUT2D eigenvalue weighted by Crippen LogP contribution is -1.89. The molecule has 0 aromatic heterocycles. The van der Waals surface area contributed by atoms with Gasteiger partial charge in [-0.25, -0.2) is 0 Å². The minimum Gasteiger partial charge on any atom is -0.507 e. The van der Waals surface area contributed by atoms with E-state index < -0.39 is 0 Å². The monoisotopic (exact) mass is 188 g/mol. The molecular formula is C11H8O3. The molecule has 0 unspecified atom stereocenters. The van der Waals surface area contributed by atoms with E-state index in [1.807, 2.05) is 12.1 Å². The van der Waals surface area contributed by atoms with Gasteiger partial charge in [0.25, 0.3) is 6.47 Å². The molecule has 0 atom stereocenters. The Morgan fingerprint density at radius 2 is 1.86 bits per heavy atom. The summed E-state index contributed by atoms with van der Waals surface area (Å²) in [6.07, 6.45) is 0. The Hall–Kier alpha value is -2.03. The summed E-state index contributed by atoms with van der Waals surface area (Å²) < 4.78 is 4.76. The Balaban J connectivity index is 2.77. The number of benzene rings is 2. The fourth-order valence-electron chi connectivity index (χ4n) is 1.44. The molecule has 3 heteroatoms. The molecule has 0 amide bonds. The Morgan fingerprint density at radius 1 is 1.14 bits per heavy atom. The van der Waals surface area contributed by atoms with Crippen molar-refractivity contribution in [3.8, 4) is 11.5 Å². The minimum atomic E-state index is 0.111. The highest BCUT2D eigenvalue weighted by atomic mass is 16.5. The van der Waals surface area contributed by atoms with Gasteiger partial charge >= 0.3 is 0 Å². The van der Waals surface area contributed by atoms with Crippen LogP contribution in [-0.2, 0) is 4.79 Å². The van der Waals surface area contributed by atoms with Gasteiger partial charge < -0.3 is 9.84 Å². The largest absolute Gasteiger partial charge is 0.507 e. The van der Waals surface area contributed by atoms with Crippen LogP contribution in [0, 0.1) is 0 Å². The maximum atomic E-state index is 10.2. The van der Waals surface area contributed by atoms with E-state index in [0.717, 1.165) is 5.39 Å². The molecule has 2 rings (SSSR count). The van der Waals surface area contributed by atoms with Crippen LogP contribution in [0.1, 0.15) is 0 Å². The molecule has 2 aromatic rings. The summed E-state index contributed by atoms with van der Waals surface area (Å²) in [5.74, 6) is 0.482. The highest BCUT2D eigenvalue weighted by molar-refractivity contribution is 5.94. The van der Waals surface area contributed by atoms with Crippen molar-refractivity contribution in [3.05, 3.63) is 36.4 Å². The molecule has 2 aromatic carbocycles. The van der Waals surface area contributed by atoms with Gasteiger partial charge in [0.1, 0.15) is 11.5 Å². The maximum absolute atomic E-state index is 10.2. The molecule has 0 heterocycles. The predicted octanol–water partition coefficient (Wildman–Crippen LogP) is 2.08. The fourth-order valence-corrected chi connectivity index (χ4v) is 1.44. The van der Waals surface area contributed by atoms with E-state index >= 15 is 0 Å². The number of hydrogen-bond donors (Lipinski definition) is 1. The first kappa shape index (κ1) is 8.56. The summed E-state index contributed by atoms with van der Waals surface area (Å²) in [5, 5.41) is 11.0. The number of rotatable bonds is 2. The summed E-state index contributed by atoms with van der Waals surface area (Å²) >= 11 is 0. The number of phenols is 1. The zero-order valence-corrected chi connectivity index (χ0v) is 7.31. The van der Waals surface area contributed by atoms with Crippen LogP contribution in [0.25, 0.3) is 10.8 Å². The van der Waals surface area contributed by atoms with Gasteiger partial charge in [0.05, 0.1) is 5.39 Å². The molecule has 0 radical (unpaired) electrons. The Kier molecular flexibility index (Phi) is 2.07. The van der Waals surface area contributed by atoms with Crippen LogP contribution < -0.4 is 4.74 Å². The van der Waals surface area contributed by atoms with Crippen LogP contribution in [0.5, 0.6) is 11.5 Å². The first-order valence-electron chi connectivity index (χ1n) is 4.14. The van der Waals surface area contributed by atoms with Crippen LogP contribution in [0.4, 0.5) is 0 Å². The molecule has 0 aliphatic carbocycles. The smallest absolute Gasteiger partial charge is 0.298 e. The van der Waals surface area contributed by atoms with E-state index in [4.69, 9.17) is 4.74 Å². The van der Waals surface area contributed by atoms with Gasteiger partial charge in [-0.15, -0.1) is 0 Å². The van der Waals surface area contributed by atoms with Crippen molar-refractivity contribution in [2.24, 2.45) is 0 Å². The predicted molar refractivity (Wildman–Crippen MR) is 52.3 cm³/mol. The van der Waals surface area contributed by atoms with Crippen LogP contribution in [0.3, 0.4) is 0 Å². The molecule has 3 nitrogen and oxygen atoms in total. The average Bonchev–Trinajstić information content (AvgIpc) is 2.19. The second kappa shape index (κ2) is 3.38. The number of phenolic OH excluding ortho intramolecular Hbond substituents is 1. The van der Waals surface area contributed by atoms with E-state index in [2.05, 4.69) is 0 Å². The van der Waals surface area contributed by atoms with Crippen LogP contribution in [0.15, 0.2) is 36.4 Å². The lowest BCUT2D eigenvalue weighted by Gasteiger charge is -2.04. The topological polar surface area (TPSA) is 46.5 Å². The lowest BCUT2D eigenvalue weighted by atomic mass is 10.1. The first-order chi connectivity index (χ1) is 6.83. The van der Waals surface area contributed by atoms with Gasteiger partial charge in [-0.05, 0) is 17.5 Å². The molecule has 1 N–H and O–H groups in total. The molecule has 0 aliphatic heterocycles. The normalized spacial score (nSPS) is 10.0. The summed E-state index contributed by atoms with van der Waals surface area (Å²) in [7, 11) is 0. The molecular weight excluding hydrogens is 180 g/mol. The third kappa shape index (κ3) is 1.29. The highest BCUT2D eigenvalue weighted by Gasteiger charge is 2.05. The zero-order chi connectivity index (χ0) is 9.97. The number of carbonyl (C=O) groups is 1. The Morgan fingerprint density at radius 3 is 2.57 bits per heavy atom. The third-order valence-corrected chi connectivity index (χ3v) is 2.02. The van der Waals surface area contributed by atoms with E-state index in [0.29, 0.717) is 17.6 Å². The van der Waals surface area contributed by atoms with Crippen molar-refractivity contribution in [1.29, 1.82) is 0 Å². The summed E-state index contributed by atoms with van der Waals surface area (Å²) in [6, 6.07) is 10.4. The van der Waals surface area contributed by atoms with Crippen molar-refractivity contribution < 1.29 is 14.6 Å². The van der Waals surface area contributed by atoms with Crippen LogP contribution >= 0.6 is 0 Å². The van der Waals surface area contributed by atoms with Gasteiger partial charge in [0.15, 0.2) is 0 Å². The zero-order valence-electron chi connectivity index (χ0n) is 7.31. The molecule has 0 bridgehead atoms. The van der Waals surface area contributed by atoms with Crippen molar-refractivity contribution in [2.75, 3.05) is 0 Å². The Labute approximate surface area is 80.5 Å². The molecule has 0 aliphatic rings. The van der Waals surface area contributed by atoms with Crippen molar-refractivity contribution in [3.63, 3.8) is 0 Å². The van der Waals surface area contributed by atoms with Crippen molar-refractivity contribution in [1.82, 2.24) is 0 Å². The molecule has 0 saturated heterocycles. The standard InChI is InChI=1S/C11H8O3/c12-7-14-10-6-2-4-8-3-1-5-9(13)11(8)10/h1-7,13H.